The summed E-state index contributed by atoms with van der Waals surface area (Å²) in [4.78, 5) is 0. The van der Waals surface area contributed by atoms with Crippen molar-refractivity contribution in [3.05, 3.63) is 35.1 Å². The molecule has 0 amide bonds. The molecular weight excluding hydrogens is 213 g/mol. The first-order chi connectivity index (χ1) is 8.05. The molecule has 1 N–H and O–H groups in total. The van der Waals surface area contributed by atoms with Crippen molar-refractivity contribution < 1.29 is 4.39 Å². The van der Waals surface area contributed by atoms with Gasteiger partial charge in [0.25, 0.3) is 0 Å². The average Bonchev–Trinajstić information content (AvgIpc) is 3.01. The van der Waals surface area contributed by atoms with Gasteiger partial charge in [-0.2, -0.15) is 0 Å². The number of likely N-dealkylation sites (N-methyl/N-ethyl adjacent to an activating group) is 1. The molecule has 2 rings (SSSR count). The van der Waals surface area contributed by atoms with Crippen LogP contribution in [0.15, 0.2) is 18.2 Å². The molecule has 1 saturated carbocycles. The smallest absolute Gasteiger partial charge is 0.123 e. The SMILES string of the molecule is CCNC(Cc1ccc(F)cc1C)C1(C)CC1. The van der Waals surface area contributed by atoms with Crippen LogP contribution in [0.3, 0.4) is 0 Å². The third-order valence-electron chi connectivity index (χ3n) is 4.06. The van der Waals surface area contributed by atoms with Crippen LogP contribution in [0.1, 0.15) is 37.8 Å². The zero-order chi connectivity index (χ0) is 12.5. The monoisotopic (exact) mass is 235 g/mol. The summed E-state index contributed by atoms with van der Waals surface area (Å²) in [6, 6.07) is 5.66. The van der Waals surface area contributed by atoms with Gasteiger partial charge in [-0.1, -0.05) is 19.9 Å². The van der Waals surface area contributed by atoms with Gasteiger partial charge in [0, 0.05) is 6.04 Å². The lowest BCUT2D eigenvalue weighted by Gasteiger charge is -2.25. The van der Waals surface area contributed by atoms with Crippen LogP contribution >= 0.6 is 0 Å². The van der Waals surface area contributed by atoms with Gasteiger partial charge in [0.15, 0.2) is 0 Å². The maximum atomic E-state index is 13.1. The lowest BCUT2D eigenvalue weighted by atomic mass is 9.90. The largest absolute Gasteiger partial charge is 0.313 e. The lowest BCUT2D eigenvalue weighted by Crippen LogP contribution is -2.38. The Morgan fingerprint density at radius 2 is 2.12 bits per heavy atom. The van der Waals surface area contributed by atoms with E-state index >= 15 is 0 Å². The Morgan fingerprint density at radius 1 is 1.41 bits per heavy atom. The van der Waals surface area contributed by atoms with E-state index in [0.717, 1.165) is 18.5 Å². The fraction of sp³-hybridized carbons (Fsp3) is 0.600. The standard InChI is InChI=1S/C15H22FN/c1-4-17-14(15(3)7-8-15)10-12-5-6-13(16)9-11(12)2/h5-6,9,14,17H,4,7-8,10H2,1-3H3. The summed E-state index contributed by atoms with van der Waals surface area (Å²) in [6.45, 7) is 7.49. The van der Waals surface area contributed by atoms with Gasteiger partial charge in [0.05, 0.1) is 0 Å². The summed E-state index contributed by atoms with van der Waals surface area (Å²) in [5.74, 6) is -0.135. The van der Waals surface area contributed by atoms with Crippen molar-refractivity contribution in [3.63, 3.8) is 0 Å². The van der Waals surface area contributed by atoms with Crippen LogP contribution in [0, 0.1) is 18.2 Å². The second-order valence-electron chi connectivity index (χ2n) is 5.54. The van der Waals surface area contributed by atoms with E-state index in [1.165, 1.54) is 18.4 Å². The summed E-state index contributed by atoms with van der Waals surface area (Å²) in [7, 11) is 0. The first kappa shape index (κ1) is 12.6. The number of benzene rings is 1. The number of halogens is 1. The predicted octanol–water partition coefficient (Wildman–Crippen LogP) is 3.45. The average molecular weight is 235 g/mol. The van der Waals surface area contributed by atoms with Crippen molar-refractivity contribution in [2.75, 3.05) is 6.54 Å². The highest BCUT2D eigenvalue weighted by molar-refractivity contribution is 5.28. The van der Waals surface area contributed by atoms with E-state index in [2.05, 4.69) is 19.2 Å². The quantitative estimate of drug-likeness (QED) is 0.824. The summed E-state index contributed by atoms with van der Waals surface area (Å²) < 4.78 is 13.1. The van der Waals surface area contributed by atoms with Crippen LogP contribution in [-0.4, -0.2) is 12.6 Å². The van der Waals surface area contributed by atoms with Crippen LogP contribution in [0.25, 0.3) is 0 Å². The normalized spacial score (nSPS) is 19.1. The molecule has 0 spiro atoms. The Kier molecular flexibility index (Phi) is 3.53. The third-order valence-corrected chi connectivity index (χ3v) is 4.06. The minimum Gasteiger partial charge on any atom is -0.313 e. The van der Waals surface area contributed by atoms with Crippen LogP contribution in [0.4, 0.5) is 4.39 Å². The van der Waals surface area contributed by atoms with Gasteiger partial charge in [0.1, 0.15) is 5.82 Å². The topological polar surface area (TPSA) is 12.0 Å². The van der Waals surface area contributed by atoms with Crippen LogP contribution in [0.5, 0.6) is 0 Å². The van der Waals surface area contributed by atoms with Gasteiger partial charge < -0.3 is 5.32 Å². The zero-order valence-electron chi connectivity index (χ0n) is 11.0. The lowest BCUT2D eigenvalue weighted by molar-refractivity contribution is 0.360. The molecule has 1 fully saturated rings. The van der Waals surface area contributed by atoms with E-state index < -0.39 is 0 Å². The molecule has 1 aromatic rings. The number of rotatable bonds is 5. The van der Waals surface area contributed by atoms with Gasteiger partial charge in [-0.3, -0.25) is 0 Å². The summed E-state index contributed by atoms with van der Waals surface area (Å²) in [5, 5.41) is 3.58. The zero-order valence-corrected chi connectivity index (χ0v) is 11.0. The fourth-order valence-corrected chi connectivity index (χ4v) is 2.47. The highest BCUT2D eigenvalue weighted by Gasteiger charge is 2.44. The highest BCUT2D eigenvalue weighted by atomic mass is 19.1. The van der Waals surface area contributed by atoms with E-state index in [-0.39, 0.29) is 5.82 Å². The van der Waals surface area contributed by atoms with Crippen LogP contribution < -0.4 is 5.32 Å². The maximum Gasteiger partial charge on any atom is 0.123 e. The predicted molar refractivity (Wildman–Crippen MR) is 69.6 cm³/mol. The second-order valence-corrected chi connectivity index (χ2v) is 5.54. The van der Waals surface area contributed by atoms with Gasteiger partial charge in [0.2, 0.25) is 0 Å². The molecule has 0 aromatic heterocycles. The van der Waals surface area contributed by atoms with Crippen LogP contribution in [-0.2, 0) is 6.42 Å². The number of hydrogen-bond donors (Lipinski definition) is 1. The minimum atomic E-state index is -0.135. The van der Waals surface area contributed by atoms with Crippen molar-refractivity contribution in [1.29, 1.82) is 0 Å². The molecule has 1 atom stereocenters. The van der Waals surface area contributed by atoms with E-state index in [1.54, 1.807) is 12.1 Å². The molecule has 1 unspecified atom stereocenters. The Bertz CT molecular complexity index is 396. The Morgan fingerprint density at radius 3 is 2.65 bits per heavy atom. The Hall–Kier alpha value is -0.890. The number of aryl methyl sites for hydroxylation is 1. The molecule has 0 heterocycles. The molecule has 2 heteroatoms. The minimum absolute atomic E-state index is 0.135. The van der Waals surface area contributed by atoms with E-state index in [1.807, 2.05) is 13.0 Å². The third kappa shape index (κ3) is 2.86. The maximum absolute atomic E-state index is 13.1. The molecule has 17 heavy (non-hydrogen) atoms. The molecule has 94 valence electrons. The molecule has 0 bridgehead atoms. The fourth-order valence-electron chi connectivity index (χ4n) is 2.47. The van der Waals surface area contributed by atoms with Crippen LogP contribution in [0.2, 0.25) is 0 Å². The number of hydrogen-bond acceptors (Lipinski definition) is 1. The van der Waals surface area contributed by atoms with Crippen molar-refractivity contribution in [3.8, 4) is 0 Å². The second kappa shape index (κ2) is 4.77. The van der Waals surface area contributed by atoms with Gasteiger partial charge in [-0.25, -0.2) is 4.39 Å². The van der Waals surface area contributed by atoms with E-state index in [4.69, 9.17) is 0 Å². The van der Waals surface area contributed by atoms with Gasteiger partial charge in [-0.05, 0) is 61.4 Å². The Balaban J connectivity index is 2.11. The molecule has 0 saturated heterocycles. The Labute approximate surface area is 103 Å². The van der Waals surface area contributed by atoms with Crippen molar-refractivity contribution >= 4 is 0 Å². The van der Waals surface area contributed by atoms with E-state index in [0.29, 0.717) is 11.5 Å². The summed E-state index contributed by atoms with van der Waals surface area (Å²) in [5.41, 5.74) is 2.79. The van der Waals surface area contributed by atoms with Gasteiger partial charge in [-0.15, -0.1) is 0 Å². The molecule has 1 nitrogen and oxygen atoms in total. The number of nitrogens with one attached hydrogen (secondary N) is 1. The summed E-state index contributed by atoms with van der Waals surface area (Å²) >= 11 is 0. The first-order valence-electron chi connectivity index (χ1n) is 6.53. The molecule has 1 aliphatic carbocycles. The molecule has 0 aliphatic heterocycles. The molecule has 1 aromatic carbocycles. The first-order valence-corrected chi connectivity index (χ1v) is 6.53. The van der Waals surface area contributed by atoms with Gasteiger partial charge >= 0.3 is 0 Å². The van der Waals surface area contributed by atoms with E-state index in [9.17, 15) is 4.39 Å². The summed E-state index contributed by atoms with van der Waals surface area (Å²) in [6.07, 6.45) is 3.63. The highest BCUT2D eigenvalue weighted by Crippen LogP contribution is 2.49. The van der Waals surface area contributed by atoms with Crippen molar-refractivity contribution in [2.24, 2.45) is 5.41 Å². The molecule has 0 radical (unpaired) electrons. The molecular formula is C15H22FN. The van der Waals surface area contributed by atoms with Crippen molar-refractivity contribution in [1.82, 2.24) is 5.32 Å². The van der Waals surface area contributed by atoms with Crippen molar-refractivity contribution in [2.45, 2.75) is 46.1 Å². The molecule has 1 aliphatic rings.